The number of anilines is 2. The molecule has 0 atom stereocenters. The third-order valence-corrected chi connectivity index (χ3v) is 5.71. The fourth-order valence-electron chi connectivity index (χ4n) is 3.13. The lowest BCUT2D eigenvalue weighted by atomic mass is 9.92. The summed E-state index contributed by atoms with van der Waals surface area (Å²) in [5, 5.41) is 8.67. The SMILES string of the molecule is CC(C)(C)c1cc(NC(=O)Nc2cccc(Cl)c2Cl)c(C(=O)N2CCNC(=O)CC2)[nH]1. The first-order valence-corrected chi connectivity index (χ1v) is 10.6. The monoisotopic (exact) mass is 465 g/mol. The van der Waals surface area contributed by atoms with Gasteiger partial charge in [-0.25, -0.2) is 4.79 Å². The van der Waals surface area contributed by atoms with Crippen molar-refractivity contribution in [1.82, 2.24) is 15.2 Å². The van der Waals surface area contributed by atoms with Crippen molar-refractivity contribution in [2.75, 3.05) is 30.3 Å². The van der Waals surface area contributed by atoms with Gasteiger partial charge in [-0.3, -0.25) is 9.59 Å². The summed E-state index contributed by atoms with van der Waals surface area (Å²) < 4.78 is 0. The van der Waals surface area contributed by atoms with Crippen molar-refractivity contribution >= 4 is 52.4 Å². The van der Waals surface area contributed by atoms with E-state index >= 15 is 0 Å². The highest BCUT2D eigenvalue weighted by molar-refractivity contribution is 6.44. The summed E-state index contributed by atoms with van der Waals surface area (Å²) in [5.74, 6) is -0.378. The zero-order valence-electron chi connectivity index (χ0n) is 17.6. The van der Waals surface area contributed by atoms with Crippen LogP contribution in [-0.2, 0) is 10.2 Å². The molecule has 31 heavy (non-hydrogen) atoms. The molecule has 0 aliphatic carbocycles. The van der Waals surface area contributed by atoms with E-state index < -0.39 is 6.03 Å². The molecule has 8 nitrogen and oxygen atoms in total. The molecule has 2 aromatic rings. The summed E-state index contributed by atoms with van der Waals surface area (Å²) in [5.41, 5.74) is 1.46. The number of halogens is 2. The minimum absolute atomic E-state index is 0.0895. The van der Waals surface area contributed by atoms with Crippen LogP contribution in [0.3, 0.4) is 0 Å². The number of nitrogens with one attached hydrogen (secondary N) is 4. The zero-order chi connectivity index (χ0) is 22.8. The summed E-state index contributed by atoms with van der Waals surface area (Å²) >= 11 is 12.1. The third kappa shape index (κ3) is 5.51. The van der Waals surface area contributed by atoms with Gasteiger partial charge in [-0.2, -0.15) is 0 Å². The second-order valence-corrected chi connectivity index (χ2v) is 9.08. The van der Waals surface area contributed by atoms with Crippen LogP contribution in [0.4, 0.5) is 16.2 Å². The molecule has 1 aromatic carbocycles. The number of rotatable bonds is 3. The van der Waals surface area contributed by atoms with Crippen LogP contribution in [0.2, 0.25) is 10.0 Å². The highest BCUT2D eigenvalue weighted by Crippen LogP contribution is 2.31. The summed E-state index contributed by atoms with van der Waals surface area (Å²) in [6.45, 7) is 7.07. The lowest BCUT2D eigenvalue weighted by molar-refractivity contribution is -0.120. The number of amides is 4. The van der Waals surface area contributed by atoms with Gasteiger partial charge < -0.3 is 25.8 Å². The van der Waals surface area contributed by atoms with Crippen LogP contribution in [-0.4, -0.2) is 47.4 Å². The van der Waals surface area contributed by atoms with Crippen molar-refractivity contribution in [1.29, 1.82) is 0 Å². The second kappa shape index (κ2) is 9.20. The number of nitrogens with zero attached hydrogens (tertiary/aromatic N) is 1. The lowest BCUT2D eigenvalue weighted by Gasteiger charge is -2.20. The molecular formula is C21H25Cl2N5O3. The van der Waals surface area contributed by atoms with Crippen LogP contribution < -0.4 is 16.0 Å². The van der Waals surface area contributed by atoms with E-state index in [1.165, 1.54) is 0 Å². The van der Waals surface area contributed by atoms with E-state index in [1.54, 1.807) is 29.2 Å². The summed E-state index contributed by atoms with van der Waals surface area (Å²) in [6.07, 6.45) is 0.231. The largest absolute Gasteiger partial charge is 0.354 e. The van der Waals surface area contributed by atoms with Crippen molar-refractivity contribution < 1.29 is 14.4 Å². The fourth-order valence-corrected chi connectivity index (χ4v) is 3.48. The van der Waals surface area contributed by atoms with Gasteiger partial charge >= 0.3 is 6.03 Å². The van der Waals surface area contributed by atoms with Crippen LogP contribution in [0.1, 0.15) is 43.4 Å². The number of benzene rings is 1. The average Bonchev–Trinajstić information content (AvgIpc) is 2.99. The van der Waals surface area contributed by atoms with Gasteiger partial charge in [-0.15, -0.1) is 0 Å². The van der Waals surface area contributed by atoms with Crippen molar-refractivity contribution in [3.63, 3.8) is 0 Å². The first kappa shape index (κ1) is 23.0. The molecule has 0 unspecified atom stereocenters. The minimum atomic E-state index is -0.564. The Balaban J connectivity index is 1.85. The number of urea groups is 1. The second-order valence-electron chi connectivity index (χ2n) is 8.29. The standard InChI is InChI=1S/C21H25Cl2N5O3/c1-21(2,3)15-11-14(26-20(31)25-13-6-4-5-12(22)17(13)23)18(27-15)19(30)28-9-7-16(29)24-8-10-28/h4-6,11,27H,7-10H2,1-3H3,(H,24,29)(H2,25,26,31). The Morgan fingerprint density at radius 2 is 1.81 bits per heavy atom. The van der Waals surface area contributed by atoms with Gasteiger partial charge in [0.05, 0.1) is 21.4 Å². The van der Waals surface area contributed by atoms with Gasteiger partial charge in [-0.1, -0.05) is 50.0 Å². The van der Waals surface area contributed by atoms with Crippen LogP contribution in [0.15, 0.2) is 24.3 Å². The van der Waals surface area contributed by atoms with E-state index in [9.17, 15) is 14.4 Å². The molecule has 3 rings (SSSR count). The maximum absolute atomic E-state index is 13.2. The minimum Gasteiger partial charge on any atom is -0.354 e. The van der Waals surface area contributed by atoms with Crippen molar-refractivity contribution in [3.8, 4) is 0 Å². The Kier molecular flexibility index (Phi) is 6.81. The van der Waals surface area contributed by atoms with E-state index in [2.05, 4.69) is 20.9 Å². The normalized spacial score (nSPS) is 14.6. The molecular weight excluding hydrogens is 441 g/mol. The molecule has 0 radical (unpaired) electrons. The number of H-pyrrole nitrogens is 1. The highest BCUT2D eigenvalue weighted by atomic mass is 35.5. The van der Waals surface area contributed by atoms with Gasteiger partial charge in [0.2, 0.25) is 5.91 Å². The molecule has 0 spiro atoms. The van der Waals surface area contributed by atoms with Gasteiger partial charge in [0.25, 0.3) is 5.91 Å². The molecule has 1 saturated heterocycles. The Hall–Kier alpha value is -2.71. The third-order valence-electron chi connectivity index (χ3n) is 4.89. The quantitative estimate of drug-likeness (QED) is 0.544. The lowest BCUT2D eigenvalue weighted by Crippen LogP contribution is -2.35. The molecule has 1 aromatic heterocycles. The number of hydrogen-bond acceptors (Lipinski definition) is 3. The Bertz CT molecular complexity index is 1010. The molecule has 10 heteroatoms. The van der Waals surface area contributed by atoms with E-state index in [0.29, 0.717) is 36.0 Å². The maximum Gasteiger partial charge on any atom is 0.323 e. The predicted molar refractivity (Wildman–Crippen MR) is 122 cm³/mol. The molecule has 1 aliphatic rings. The molecule has 0 bridgehead atoms. The Labute approximate surface area is 190 Å². The number of carbonyl (C=O) groups excluding carboxylic acids is 3. The first-order valence-electron chi connectivity index (χ1n) is 9.87. The number of carbonyl (C=O) groups is 3. The van der Waals surface area contributed by atoms with E-state index in [1.807, 2.05) is 20.8 Å². The van der Waals surface area contributed by atoms with E-state index in [4.69, 9.17) is 23.2 Å². The highest BCUT2D eigenvalue weighted by Gasteiger charge is 2.27. The average molecular weight is 466 g/mol. The maximum atomic E-state index is 13.2. The fraction of sp³-hybridized carbons (Fsp3) is 0.381. The molecule has 1 aliphatic heterocycles. The van der Waals surface area contributed by atoms with E-state index in [0.717, 1.165) is 5.69 Å². The number of aromatic amines is 1. The molecule has 1 fully saturated rings. The predicted octanol–water partition coefficient (Wildman–Crippen LogP) is 4.23. The number of hydrogen-bond donors (Lipinski definition) is 4. The number of aromatic nitrogens is 1. The Morgan fingerprint density at radius 1 is 1.10 bits per heavy atom. The van der Waals surface area contributed by atoms with E-state index in [-0.39, 0.29) is 34.4 Å². The molecule has 0 saturated carbocycles. The first-order chi connectivity index (χ1) is 14.6. The van der Waals surface area contributed by atoms with Crippen LogP contribution in [0.5, 0.6) is 0 Å². The van der Waals surface area contributed by atoms with Crippen LogP contribution in [0, 0.1) is 0 Å². The topological polar surface area (TPSA) is 106 Å². The van der Waals surface area contributed by atoms with Crippen molar-refractivity contribution in [3.05, 3.63) is 45.7 Å². The van der Waals surface area contributed by atoms with Crippen LogP contribution >= 0.6 is 23.2 Å². The molecule has 166 valence electrons. The molecule has 4 amide bonds. The van der Waals surface area contributed by atoms with Crippen molar-refractivity contribution in [2.45, 2.75) is 32.6 Å². The summed E-state index contributed by atoms with van der Waals surface area (Å²) in [7, 11) is 0. The molecule has 2 heterocycles. The zero-order valence-corrected chi connectivity index (χ0v) is 19.1. The van der Waals surface area contributed by atoms with Crippen LogP contribution in [0.25, 0.3) is 0 Å². The smallest absolute Gasteiger partial charge is 0.323 e. The Morgan fingerprint density at radius 3 is 2.52 bits per heavy atom. The van der Waals surface area contributed by atoms with Gasteiger partial charge in [0.1, 0.15) is 5.69 Å². The van der Waals surface area contributed by atoms with Gasteiger partial charge in [0.15, 0.2) is 0 Å². The van der Waals surface area contributed by atoms with Gasteiger partial charge in [-0.05, 0) is 18.2 Å². The van der Waals surface area contributed by atoms with Crippen molar-refractivity contribution in [2.24, 2.45) is 0 Å². The van der Waals surface area contributed by atoms with Gasteiger partial charge in [0, 0.05) is 37.2 Å². The summed E-state index contributed by atoms with van der Waals surface area (Å²) in [6, 6.07) is 6.09. The molecule has 4 N–H and O–H groups in total. The summed E-state index contributed by atoms with van der Waals surface area (Å²) in [4.78, 5) is 42.2.